The molecule has 2 N–H and O–H groups in total. The maximum Gasteiger partial charge on any atom is 0.244 e. The van der Waals surface area contributed by atoms with Crippen LogP contribution in [0.2, 0.25) is 0 Å². The molecule has 1 amide bonds. The van der Waals surface area contributed by atoms with Crippen LogP contribution in [0.5, 0.6) is 0 Å². The summed E-state index contributed by atoms with van der Waals surface area (Å²) in [7, 11) is 0. The number of carbonyl (C=O) groups is 1. The van der Waals surface area contributed by atoms with Gasteiger partial charge >= 0.3 is 0 Å². The molecule has 0 aromatic heterocycles. The highest BCUT2D eigenvalue weighted by Gasteiger charge is 2.22. The average Bonchev–Trinajstić information content (AvgIpc) is 2.43. The fourth-order valence-corrected chi connectivity index (χ4v) is 1.88. The molecule has 3 nitrogen and oxygen atoms in total. The second kappa shape index (κ2) is 7.17. The molecule has 100 valence electrons. The van der Waals surface area contributed by atoms with E-state index in [1.807, 2.05) is 42.2 Å². The Bertz CT molecular complexity index is 364. The number of carbonyl (C=O) groups excluding carboxylic acids is 1. The summed E-state index contributed by atoms with van der Waals surface area (Å²) in [5.41, 5.74) is 6.92. The number of amides is 1. The third-order valence-corrected chi connectivity index (χ3v) is 3.35. The molecule has 2 unspecified atom stereocenters. The van der Waals surface area contributed by atoms with Crippen molar-refractivity contribution in [1.82, 2.24) is 4.90 Å². The van der Waals surface area contributed by atoms with Crippen molar-refractivity contribution in [1.29, 1.82) is 0 Å². The van der Waals surface area contributed by atoms with Crippen molar-refractivity contribution >= 4 is 5.91 Å². The predicted octanol–water partition coefficient (Wildman–Crippen LogP) is 2.58. The minimum atomic E-state index is -0.546. The standard InChI is InChI=1S/C15H24N2O/c1-4-12(3)11-17(5-2)15(18)14(16)13-9-7-6-8-10-13/h6-10,12,14H,4-5,11,16H2,1-3H3. The largest absolute Gasteiger partial charge is 0.341 e. The van der Waals surface area contributed by atoms with E-state index in [4.69, 9.17) is 5.73 Å². The molecule has 0 aliphatic rings. The first-order valence-corrected chi connectivity index (χ1v) is 6.69. The summed E-state index contributed by atoms with van der Waals surface area (Å²) in [6.07, 6.45) is 1.07. The normalized spacial score (nSPS) is 14.0. The van der Waals surface area contributed by atoms with Crippen LogP contribution in [0.15, 0.2) is 30.3 Å². The maximum atomic E-state index is 12.3. The van der Waals surface area contributed by atoms with E-state index >= 15 is 0 Å². The second-order valence-corrected chi connectivity index (χ2v) is 4.78. The average molecular weight is 248 g/mol. The minimum absolute atomic E-state index is 0.0176. The molecule has 0 saturated carbocycles. The summed E-state index contributed by atoms with van der Waals surface area (Å²) >= 11 is 0. The van der Waals surface area contributed by atoms with Crippen molar-refractivity contribution in [2.45, 2.75) is 33.2 Å². The number of rotatable bonds is 6. The van der Waals surface area contributed by atoms with E-state index in [9.17, 15) is 4.79 Å². The Morgan fingerprint density at radius 2 is 1.89 bits per heavy atom. The fourth-order valence-electron chi connectivity index (χ4n) is 1.88. The zero-order valence-electron chi connectivity index (χ0n) is 11.6. The molecule has 3 heteroatoms. The molecule has 0 aliphatic heterocycles. The molecular weight excluding hydrogens is 224 g/mol. The first-order valence-electron chi connectivity index (χ1n) is 6.69. The molecule has 1 aromatic rings. The third kappa shape index (κ3) is 3.84. The first kappa shape index (κ1) is 14.7. The predicted molar refractivity (Wildman–Crippen MR) is 75.1 cm³/mol. The Morgan fingerprint density at radius 3 is 2.39 bits per heavy atom. The third-order valence-electron chi connectivity index (χ3n) is 3.35. The van der Waals surface area contributed by atoms with Crippen LogP contribution in [0.25, 0.3) is 0 Å². The highest BCUT2D eigenvalue weighted by Crippen LogP contribution is 2.14. The van der Waals surface area contributed by atoms with Crippen molar-refractivity contribution in [3.05, 3.63) is 35.9 Å². The summed E-state index contributed by atoms with van der Waals surface area (Å²) in [6, 6.07) is 9.01. The second-order valence-electron chi connectivity index (χ2n) is 4.78. The van der Waals surface area contributed by atoms with E-state index < -0.39 is 6.04 Å². The number of benzene rings is 1. The summed E-state index contributed by atoms with van der Waals surface area (Å²) in [6.45, 7) is 7.79. The van der Waals surface area contributed by atoms with Crippen molar-refractivity contribution in [3.8, 4) is 0 Å². The molecule has 0 saturated heterocycles. The van der Waals surface area contributed by atoms with Gasteiger partial charge in [0.15, 0.2) is 0 Å². The van der Waals surface area contributed by atoms with Crippen LogP contribution in [-0.4, -0.2) is 23.9 Å². The topological polar surface area (TPSA) is 46.3 Å². The molecule has 1 rings (SSSR count). The van der Waals surface area contributed by atoms with Gasteiger partial charge in [0.2, 0.25) is 5.91 Å². The van der Waals surface area contributed by atoms with Gasteiger partial charge in [0.25, 0.3) is 0 Å². The lowest BCUT2D eigenvalue weighted by atomic mass is 10.0. The van der Waals surface area contributed by atoms with Crippen LogP contribution in [0.4, 0.5) is 0 Å². The molecule has 0 spiro atoms. The number of likely N-dealkylation sites (N-methyl/N-ethyl adjacent to an activating group) is 1. The quantitative estimate of drug-likeness (QED) is 0.841. The van der Waals surface area contributed by atoms with Crippen molar-refractivity contribution in [2.75, 3.05) is 13.1 Å². The van der Waals surface area contributed by atoms with E-state index in [0.29, 0.717) is 12.5 Å². The van der Waals surface area contributed by atoms with Crippen molar-refractivity contribution < 1.29 is 4.79 Å². The van der Waals surface area contributed by atoms with Gasteiger partial charge in [0, 0.05) is 13.1 Å². The van der Waals surface area contributed by atoms with E-state index in [0.717, 1.165) is 18.5 Å². The van der Waals surface area contributed by atoms with E-state index in [-0.39, 0.29) is 5.91 Å². The lowest BCUT2D eigenvalue weighted by Gasteiger charge is -2.27. The molecule has 0 aliphatic carbocycles. The summed E-state index contributed by atoms with van der Waals surface area (Å²) < 4.78 is 0. The molecule has 1 aromatic carbocycles. The highest BCUT2D eigenvalue weighted by atomic mass is 16.2. The van der Waals surface area contributed by atoms with Crippen LogP contribution in [0.1, 0.15) is 38.8 Å². The molecule has 18 heavy (non-hydrogen) atoms. The Kier molecular flexibility index (Phi) is 5.86. The Labute approximate surface area is 110 Å². The SMILES string of the molecule is CCC(C)CN(CC)C(=O)C(N)c1ccccc1. The van der Waals surface area contributed by atoms with Crippen molar-refractivity contribution in [2.24, 2.45) is 11.7 Å². The maximum absolute atomic E-state index is 12.3. The van der Waals surface area contributed by atoms with Gasteiger partial charge in [-0.3, -0.25) is 4.79 Å². The lowest BCUT2D eigenvalue weighted by Crippen LogP contribution is -2.40. The number of hydrogen-bond acceptors (Lipinski definition) is 2. The zero-order valence-corrected chi connectivity index (χ0v) is 11.6. The van der Waals surface area contributed by atoms with Crippen LogP contribution in [-0.2, 0) is 4.79 Å². The number of nitrogens with zero attached hydrogens (tertiary/aromatic N) is 1. The van der Waals surface area contributed by atoms with Gasteiger partial charge < -0.3 is 10.6 Å². The van der Waals surface area contributed by atoms with Gasteiger partial charge in [-0.1, -0.05) is 50.6 Å². The van der Waals surface area contributed by atoms with E-state index in [1.165, 1.54) is 0 Å². The molecule has 0 radical (unpaired) electrons. The lowest BCUT2D eigenvalue weighted by molar-refractivity contribution is -0.133. The summed E-state index contributed by atoms with van der Waals surface area (Å²) in [4.78, 5) is 14.2. The van der Waals surface area contributed by atoms with Gasteiger partial charge in [-0.05, 0) is 18.4 Å². The smallest absolute Gasteiger partial charge is 0.244 e. The van der Waals surface area contributed by atoms with E-state index in [1.54, 1.807) is 0 Å². The van der Waals surface area contributed by atoms with Crippen LogP contribution in [0.3, 0.4) is 0 Å². The molecule has 0 heterocycles. The molecule has 0 bridgehead atoms. The summed E-state index contributed by atoms with van der Waals surface area (Å²) in [5.74, 6) is 0.529. The van der Waals surface area contributed by atoms with Gasteiger partial charge in [0.1, 0.15) is 6.04 Å². The zero-order chi connectivity index (χ0) is 13.5. The number of hydrogen-bond donors (Lipinski definition) is 1. The van der Waals surface area contributed by atoms with Gasteiger partial charge in [0.05, 0.1) is 0 Å². The molecular formula is C15H24N2O. The van der Waals surface area contributed by atoms with Gasteiger partial charge in [-0.25, -0.2) is 0 Å². The van der Waals surface area contributed by atoms with Crippen LogP contribution in [0, 0.1) is 5.92 Å². The number of nitrogens with two attached hydrogens (primary N) is 1. The van der Waals surface area contributed by atoms with Crippen LogP contribution < -0.4 is 5.73 Å². The first-order chi connectivity index (χ1) is 8.60. The van der Waals surface area contributed by atoms with Gasteiger partial charge in [-0.15, -0.1) is 0 Å². The fraction of sp³-hybridized carbons (Fsp3) is 0.533. The van der Waals surface area contributed by atoms with Gasteiger partial charge in [-0.2, -0.15) is 0 Å². The minimum Gasteiger partial charge on any atom is -0.341 e. The van der Waals surface area contributed by atoms with E-state index in [2.05, 4.69) is 13.8 Å². The molecule has 0 fully saturated rings. The Hall–Kier alpha value is -1.35. The molecule has 2 atom stereocenters. The summed E-state index contributed by atoms with van der Waals surface area (Å²) in [5, 5.41) is 0. The Morgan fingerprint density at radius 1 is 1.28 bits per heavy atom. The monoisotopic (exact) mass is 248 g/mol. The van der Waals surface area contributed by atoms with Crippen molar-refractivity contribution in [3.63, 3.8) is 0 Å². The Balaban J connectivity index is 2.72. The highest BCUT2D eigenvalue weighted by molar-refractivity contribution is 5.83. The van der Waals surface area contributed by atoms with Crippen LogP contribution >= 0.6 is 0 Å².